The van der Waals surface area contributed by atoms with Crippen molar-refractivity contribution in [2.75, 3.05) is 7.05 Å². The van der Waals surface area contributed by atoms with Crippen LogP contribution in [0, 0.1) is 5.92 Å². The zero-order chi connectivity index (χ0) is 16.1. The number of ether oxygens (including phenoxy) is 1. The first-order valence-corrected chi connectivity index (χ1v) is 8.71. The summed E-state index contributed by atoms with van der Waals surface area (Å²) in [5, 5.41) is 8.60. The lowest BCUT2D eigenvalue weighted by Crippen LogP contribution is -2.14. The molecule has 0 spiro atoms. The van der Waals surface area contributed by atoms with Gasteiger partial charge < -0.3 is 10.1 Å². The number of rotatable bonds is 7. The number of halogens is 1. The number of hydrogen-bond acceptors (Lipinski definition) is 3. The van der Waals surface area contributed by atoms with Crippen LogP contribution in [0.25, 0.3) is 0 Å². The van der Waals surface area contributed by atoms with Gasteiger partial charge in [0.25, 0.3) is 0 Å². The minimum absolute atomic E-state index is 0.518. The van der Waals surface area contributed by atoms with Gasteiger partial charge in [0.1, 0.15) is 12.4 Å². The standard InChI is InChI=1S/C18H24ClN3O/c1-20-11-16-10-17(13-23-18-8-4-7-15(19)9-18)22(21-16)12-14-5-2-3-6-14/h4,7-10,14,20H,2-3,5-6,11-13H2,1H3. The molecule has 2 aromatic rings. The van der Waals surface area contributed by atoms with E-state index in [0.29, 0.717) is 11.6 Å². The SMILES string of the molecule is CNCc1cc(COc2cccc(Cl)c2)n(CC2CCCC2)n1. The summed E-state index contributed by atoms with van der Waals surface area (Å²) in [6, 6.07) is 9.66. The number of nitrogens with zero attached hydrogens (tertiary/aromatic N) is 2. The Balaban J connectivity index is 1.70. The zero-order valence-electron chi connectivity index (χ0n) is 13.6. The van der Waals surface area contributed by atoms with E-state index in [1.807, 2.05) is 31.3 Å². The summed E-state index contributed by atoms with van der Waals surface area (Å²) in [6.07, 6.45) is 5.33. The van der Waals surface area contributed by atoms with Gasteiger partial charge in [-0.25, -0.2) is 0 Å². The van der Waals surface area contributed by atoms with E-state index in [0.717, 1.165) is 36.1 Å². The van der Waals surface area contributed by atoms with E-state index in [1.54, 1.807) is 0 Å². The van der Waals surface area contributed by atoms with E-state index < -0.39 is 0 Å². The molecule has 1 N–H and O–H groups in total. The van der Waals surface area contributed by atoms with Crippen LogP contribution in [-0.4, -0.2) is 16.8 Å². The van der Waals surface area contributed by atoms with Crippen LogP contribution < -0.4 is 10.1 Å². The second-order valence-electron chi connectivity index (χ2n) is 6.24. The molecule has 1 saturated carbocycles. The fourth-order valence-electron chi connectivity index (χ4n) is 3.21. The van der Waals surface area contributed by atoms with E-state index in [9.17, 15) is 0 Å². The molecule has 1 aromatic carbocycles. The molecular formula is C18H24ClN3O. The van der Waals surface area contributed by atoms with Crippen LogP contribution in [0.15, 0.2) is 30.3 Å². The topological polar surface area (TPSA) is 39.1 Å². The van der Waals surface area contributed by atoms with Crippen molar-refractivity contribution in [2.45, 2.75) is 45.4 Å². The van der Waals surface area contributed by atoms with Crippen molar-refractivity contribution in [1.29, 1.82) is 0 Å². The summed E-state index contributed by atoms with van der Waals surface area (Å²) < 4.78 is 8.04. The highest BCUT2D eigenvalue weighted by Gasteiger charge is 2.18. The average Bonchev–Trinajstić information content (AvgIpc) is 3.16. The zero-order valence-corrected chi connectivity index (χ0v) is 14.4. The molecule has 5 heteroatoms. The summed E-state index contributed by atoms with van der Waals surface area (Å²) in [5.74, 6) is 1.54. The third-order valence-corrected chi connectivity index (χ3v) is 4.60. The molecule has 1 aliphatic carbocycles. The Labute approximate surface area is 142 Å². The summed E-state index contributed by atoms with van der Waals surface area (Å²) in [7, 11) is 1.94. The number of benzene rings is 1. The number of hydrogen-bond donors (Lipinski definition) is 1. The normalized spacial score (nSPS) is 15.2. The molecule has 0 bridgehead atoms. The van der Waals surface area contributed by atoms with Gasteiger partial charge in [0.05, 0.1) is 11.4 Å². The van der Waals surface area contributed by atoms with Crippen molar-refractivity contribution in [3.8, 4) is 5.75 Å². The monoisotopic (exact) mass is 333 g/mol. The molecule has 0 amide bonds. The second kappa shape index (κ2) is 7.84. The van der Waals surface area contributed by atoms with Gasteiger partial charge in [-0.3, -0.25) is 4.68 Å². The minimum atomic E-state index is 0.518. The fraction of sp³-hybridized carbons (Fsp3) is 0.500. The Morgan fingerprint density at radius 2 is 2.13 bits per heavy atom. The van der Waals surface area contributed by atoms with Crippen LogP contribution in [0.3, 0.4) is 0 Å². The smallest absolute Gasteiger partial charge is 0.130 e. The summed E-state index contributed by atoms with van der Waals surface area (Å²) in [4.78, 5) is 0. The Morgan fingerprint density at radius 1 is 1.30 bits per heavy atom. The first-order chi connectivity index (χ1) is 11.2. The van der Waals surface area contributed by atoms with Crippen LogP contribution >= 0.6 is 11.6 Å². The first-order valence-electron chi connectivity index (χ1n) is 8.33. The maximum Gasteiger partial charge on any atom is 0.130 e. The Bertz CT molecular complexity index is 635. The molecular weight excluding hydrogens is 310 g/mol. The van der Waals surface area contributed by atoms with Crippen LogP contribution in [-0.2, 0) is 19.7 Å². The Hall–Kier alpha value is -1.52. The highest BCUT2D eigenvalue weighted by molar-refractivity contribution is 6.30. The van der Waals surface area contributed by atoms with Gasteiger partial charge in [-0.15, -0.1) is 0 Å². The van der Waals surface area contributed by atoms with E-state index in [2.05, 4.69) is 16.1 Å². The quantitative estimate of drug-likeness (QED) is 0.831. The van der Waals surface area contributed by atoms with E-state index in [4.69, 9.17) is 21.4 Å². The molecule has 3 rings (SSSR count). The molecule has 0 atom stereocenters. The van der Waals surface area contributed by atoms with Gasteiger partial charge in [0.15, 0.2) is 0 Å². The summed E-state index contributed by atoms with van der Waals surface area (Å²) in [5.41, 5.74) is 2.19. The van der Waals surface area contributed by atoms with Gasteiger partial charge in [-0.2, -0.15) is 5.10 Å². The number of aromatic nitrogens is 2. The van der Waals surface area contributed by atoms with Crippen LogP contribution in [0.2, 0.25) is 5.02 Å². The number of nitrogens with one attached hydrogen (secondary N) is 1. The maximum atomic E-state index is 6.01. The van der Waals surface area contributed by atoms with Gasteiger partial charge in [-0.1, -0.05) is 30.5 Å². The largest absolute Gasteiger partial charge is 0.487 e. The van der Waals surface area contributed by atoms with Crippen molar-refractivity contribution in [3.05, 3.63) is 46.7 Å². The third-order valence-electron chi connectivity index (χ3n) is 4.36. The van der Waals surface area contributed by atoms with Gasteiger partial charge >= 0.3 is 0 Å². The molecule has 0 radical (unpaired) electrons. The predicted octanol–water partition coefficient (Wildman–Crippen LogP) is 4.03. The molecule has 1 fully saturated rings. The van der Waals surface area contributed by atoms with E-state index >= 15 is 0 Å². The molecule has 1 heterocycles. The third kappa shape index (κ3) is 4.49. The lowest BCUT2D eigenvalue weighted by molar-refractivity contribution is 0.285. The second-order valence-corrected chi connectivity index (χ2v) is 6.67. The summed E-state index contributed by atoms with van der Waals surface area (Å²) >= 11 is 6.01. The van der Waals surface area contributed by atoms with Crippen molar-refractivity contribution >= 4 is 11.6 Å². The Kier molecular flexibility index (Phi) is 5.57. The fourth-order valence-corrected chi connectivity index (χ4v) is 3.39. The van der Waals surface area contributed by atoms with Gasteiger partial charge in [0, 0.05) is 18.1 Å². The highest BCUT2D eigenvalue weighted by Crippen LogP contribution is 2.27. The Morgan fingerprint density at radius 3 is 2.87 bits per heavy atom. The van der Waals surface area contributed by atoms with Crippen LogP contribution in [0.4, 0.5) is 0 Å². The van der Waals surface area contributed by atoms with Crippen LogP contribution in [0.5, 0.6) is 5.75 Å². The van der Waals surface area contributed by atoms with E-state index in [-0.39, 0.29) is 0 Å². The first kappa shape index (κ1) is 16.3. The lowest BCUT2D eigenvalue weighted by Gasteiger charge is -2.13. The molecule has 0 saturated heterocycles. The molecule has 23 heavy (non-hydrogen) atoms. The molecule has 0 aliphatic heterocycles. The van der Waals surface area contributed by atoms with Crippen molar-refractivity contribution < 1.29 is 4.74 Å². The molecule has 124 valence electrons. The van der Waals surface area contributed by atoms with Crippen molar-refractivity contribution in [1.82, 2.24) is 15.1 Å². The molecule has 0 unspecified atom stereocenters. The highest BCUT2D eigenvalue weighted by atomic mass is 35.5. The van der Waals surface area contributed by atoms with E-state index in [1.165, 1.54) is 25.7 Å². The molecule has 1 aliphatic rings. The summed E-state index contributed by atoms with van der Waals surface area (Å²) in [6.45, 7) is 2.30. The molecule has 1 aromatic heterocycles. The van der Waals surface area contributed by atoms with Crippen molar-refractivity contribution in [2.24, 2.45) is 5.92 Å². The van der Waals surface area contributed by atoms with Gasteiger partial charge in [0.2, 0.25) is 0 Å². The molecule has 4 nitrogen and oxygen atoms in total. The van der Waals surface area contributed by atoms with Crippen molar-refractivity contribution in [3.63, 3.8) is 0 Å². The van der Waals surface area contributed by atoms with Crippen LogP contribution in [0.1, 0.15) is 37.1 Å². The average molecular weight is 334 g/mol. The predicted molar refractivity (Wildman–Crippen MR) is 92.7 cm³/mol. The maximum absolute atomic E-state index is 6.01. The lowest BCUT2D eigenvalue weighted by atomic mass is 10.1. The van der Waals surface area contributed by atoms with Gasteiger partial charge in [-0.05, 0) is 50.1 Å². The minimum Gasteiger partial charge on any atom is -0.487 e.